The van der Waals surface area contributed by atoms with E-state index in [-0.39, 0.29) is 11.8 Å². The molecule has 29 heavy (non-hydrogen) atoms. The van der Waals surface area contributed by atoms with E-state index in [4.69, 9.17) is 0 Å². The number of hydrogen-bond acceptors (Lipinski definition) is 4. The normalized spacial score (nSPS) is 14.1. The van der Waals surface area contributed by atoms with Crippen LogP contribution in [-0.2, 0) is 16.1 Å². The van der Waals surface area contributed by atoms with E-state index in [1.54, 1.807) is 0 Å². The van der Waals surface area contributed by atoms with Crippen LogP contribution >= 0.6 is 11.3 Å². The Balaban J connectivity index is 1.79. The molecule has 4 rings (SSSR count). The third kappa shape index (κ3) is 3.59. The second-order valence-electron chi connectivity index (χ2n) is 6.62. The standard InChI is InChI=1S/C23H19FN2O2S/c1-2-25(15-16-7-4-3-5-8-16)21-20(19-9-6-14-29-19)22(27)26(23(21)28)18-12-10-17(24)11-13-18/h3-14H,2,15H2,1H3. The number of thiophene rings is 1. The van der Waals surface area contributed by atoms with Crippen molar-refractivity contribution < 1.29 is 14.0 Å². The Labute approximate surface area is 172 Å². The van der Waals surface area contributed by atoms with E-state index in [0.717, 1.165) is 15.3 Å². The van der Waals surface area contributed by atoms with Crippen molar-refractivity contribution in [1.29, 1.82) is 0 Å². The topological polar surface area (TPSA) is 40.6 Å². The highest BCUT2D eigenvalue weighted by molar-refractivity contribution is 7.11. The maximum Gasteiger partial charge on any atom is 0.282 e. The lowest BCUT2D eigenvalue weighted by molar-refractivity contribution is -0.120. The van der Waals surface area contributed by atoms with E-state index in [1.165, 1.54) is 35.6 Å². The first kappa shape index (κ1) is 19.1. The summed E-state index contributed by atoms with van der Waals surface area (Å²) >= 11 is 1.42. The van der Waals surface area contributed by atoms with Gasteiger partial charge >= 0.3 is 0 Å². The number of rotatable bonds is 6. The van der Waals surface area contributed by atoms with Crippen molar-refractivity contribution in [3.8, 4) is 0 Å². The summed E-state index contributed by atoms with van der Waals surface area (Å²) in [5, 5.41) is 1.88. The van der Waals surface area contributed by atoms with Crippen molar-refractivity contribution >= 4 is 34.4 Å². The average Bonchev–Trinajstić information content (AvgIpc) is 3.34. The van der Waals surface area contributed by atoms with Gasteiger partial charge in [-0.1, -0.05) is 36.4 Å². The van der Waals surface area contributed by atoms with Crippen LogP contribution in [0.15, 0.2) is 77.8 Å². The van der Waals surface area contributed by atoms with Crippen LogP contribution in [0, 0.1) is 5.82 Å². The second kappa shape index (κ2) is 8.01. The molecule has 6 heteroatoms. The molecule has 0 saturated heterocycles. The Morgan fingerprint density at radius 2 is 1.66 bits per heavy atom. The maximum atomic E-state index is 13.4. The molecule has 0 unspecified atom stereocenters. The quantitative estimate of drug-likeness (QED) is 0.558. The zero-order valence-corrected chi connectivity index (χ0v) is 16.7. The molecule has 0 aliphatic carbocycles. The predicted molar refractivity (Wildman–Crippen MR) is 113 cm³/mol. The van der Waals surface area contributed by atoms with Crippen LogP contribution in [0.4, 0.5) is 10.1 Å². The largest absolute Gasteiger partial charge is 0.362 e. The first-order chi connectivity index (χ1) is 14.1. The summed E-state index contributed by atoms with van der Waals surface area (Å²) < 4.78 is 13.4. The van der Waals surface area contributed by atoms with Gasteiger partial charge in [0.15, 0.2) is 0 Å². The van der Waals surface area contributed by atoms with Gasteiger partial charge in [0.2, 0.25) is 0 Å². The van der Waals surface area contributed by atoms with Gasteiger partial charge in [0.05, 0.1) is 11.3 Å². The van der Waals surface area contributed by atoms with E-state index in [9.17, 15) is 14.0 Å². The van der Waals surface area contributed by atoms with Crippen molar-refractivity contribution in [1.82, 2.24) is 4.90 Å². The number of likely N-dealkylation sites (N-methyl/N-ethyl adjacent to an activating group) is 1. The van der Waals surface area contributed by atoms with Crippen molar-refractivity contribution in [3.05, 3.63) is 94.1 Å². The highest BCUT2D eigenvalue weighted by Gasteiger charge is 2.42. The minimum absolute atomic E-state index is 0.362. The number of nitrogens with zero attached hydrogens (tertiary/aromatic N) is 2. The fourth-order valence-electron chi connectivity index (χ4n) is 3.43. The summed E-state index contributed by atoms with van der Waals surface area (Å²) in [4.78, 5) is 30.5. The number of benzene rings is 2. The van der Waals surface area contributed by atoms with Gasteiger partial charge in [-0.05, 0) is 48.2 Å². The maximum absolute atomic E-state index is 13.4. The minimum Gasteiger partial charge on any atom is -0.362 e. The van der Waals surface area contributed by atoms with E-state index in [1.807, 2.05) is 59.7 Å². The van der Waals surface area contributed by atoms with Gasteiger partial charge in [-0.3, -0.25) is 9.59 Å². The first-order valence-electron chi connectivity index (χ1n) is 9.31. The molecule has 2 aromatic carbocycles. The van der Waals surface area contributed by atoms with E-state index in [0.29, 0.717) is 30.0 Å². The van der Waals surface area contributed by atoms with Crippen molar-refractivity contribution in [2.75, 3.05) is 11.4 Å². The number of hydrogen-bond donors (Lipinski definition) is 0. The van der Waals surface area contributed by atoms with Gasteiger partial charge in [-0.15, -0.1) is 11.3 Å². The van der Waals surface area contributed by atoms with Crippen LogP contribution in [0.3, 0.4) is 0 Å². The van der Waals surface area contributed by atoms with E-state index >= 15 is 0 Å². The van der Waals surface area contributed by atoms with Crippen LogP contribution < -0.4 is 4.90 Å². The fraction of sp³-hybridized carbons (Fsp3) is 0.130. The van der Waals surface area contributed by atoms with E-state index in [2.05, 4.69) is 0 Å². The molecule has 0 bridgehead atoms. The van der Waals surface area contributed by atoms with Crippen LogP contribution in [-0.4, -0.2) is 23.3 Å². The van der Waals surface area contributed by atoms with Gasteiger partial charge < -0.3 is 4.90 Å². The molecule has 0 fully saturated rings. The monoisotopic (exact) mass is 406 g/mol. The van der Waals surface area contributed by atoms with Crippen LogP contribution in [0.25, 0.3) is 5.57 Å². The predicted octanol–water partition coefficient (Wildman–Crippen LogP) is 4.69. The molecule has 2 heterocycles. The Morgan fingerprint density at radius 1 is 0.931 bits per heavy atom. The van der Waals surface area contributed by atoms with Crippen LogP contribution in [0.2, 0.25) is 0 Å². The molecule has 1 aliphatic heterocycles. The number of amides is 2. The summed E-state index contributed by atoms with van der Waals surface area (Å²) in [6, 6.07) is 18.9. The van der Waals surface area contributed by atoms with Gasteiger partial charge in [0, 0.05) is 18.0 Å². The highest BCUT2D eigenvalue weighted by atomic mass is 32.1. The molecular formula is C23H19FN2O2S. The van der Waals surface area contributed by atoms with E-state index < -0.39 is 5.82 Å². The lowest BCUT2D eigenvalue weighted by Gasteiger charge is -2.24. The molecule has 1 aliphatic rings. The molecule has 2 amide bonds. The van der Waals surface area contributed by atoms with Gasteiger partial charge in [-0.2, -0.15) is 0 Å². The molecule has 0 saturated carbocycles. The molecule has 3 aromatic rings. The van der Waals surface area contributed by atoms with Crippen molar-refractivity contribution in [2.45, 2.75) is 13.5 Å². The molecule has 0 N–H and O–H groups in total. The molecule has 0 atom stereocenters. The highest BCUT2D eigenvalue weighted by Crippen LogP contribution is 2.37. The second-order valence-corrected chi connectivity index (χ2v) is 7.57. The lowest BCUT2D eigenvalue weighted by atomic mass is 10.1. The molecule has 0 radical (unpaired) electrons. The third-order valence-corrected chi connectivity index (χ3v) is 5.71. The fourth-order valence-corrected chi connectivity index (χ4v) is 4.19. The Morgan fingerprint density at radius 3 is 2.28 bits per heavy atom. The van der Waals surface area contributed by atoms with Crippen molar-refractivity contribution in [3.63, 3.8) is 0 Å². The number of carbonyl (C=O) groups is 2. The Bertz CT molecular complexity index is 1060. The first-order valence-corrected chi connectivity index (χ1v) is 10.2. The molecule has 4 nitrogen and oxygen atoms in total. The Hall–Kier alpha value is -3.25. The van der Waals surface area contributed by atoms with Gasteiger partial charge in [0.1, 0.15) is 11.5 Å². The smallest absolute Gasteiger partial charge is 0.282 e. The van der Waals surface area contributed by atoms with Gasteiger partial charge in [-0.25, -0.2) is 9.29 Å². The number of anilines is 1. The van der Waals surface area contributed by atoms with Crippen molar-refractivity contribution in [2.24, 2.45) is 0 Å². The number of carbonyl (C=O) groups excluding carboxylic acids is 2. The zero-order valence-electron chi connectivity index (χ0n) is 15.8. The Kier molecular flexibility index (Phi) is 5.27. The summed E-state index contributed by atoms with van der Waals surface area (Å²) in [7, 11) is 0. The lowest BCUT2D eigenvalue weighted by Crippen LogP contribution is -2.35. The number of halogens is 1. The minimum atomic E-state index is -0.418. The summed E-state index contributed by atoms with van der Waals surface area (Å²) in [6.07, 6.45) is 0. The summed E-state index contributed by atoms with van der Waals surface area (Å²) in [5.74, 6) is -1.19. The molecule has 1 aromatic heterocycles. The molecular weight excluding hydrogens is 387 g/mol. The number of imide groups is 1. The average molecular weight is 406 g/mol. The summed E-state index contributed by atoms with van der Waals surface area (Å²) in [5.41, 5.74) is 2.19. The third-order valence-electron chi connectivity index (χ3n) is 4.83. The van der Waals surface area contributed by atoms with Crippen LogP contribution in [0.1, 0.15) is 17.4 Å². The molecule has 146 valence electrons. The SMILES string of the molecule is CCN(Cc1ccccc1)C1=C(c2cccs2)C(=O)N(c2ccc(F)cc2)C1=O. The van der Waals surface area contributed by atoms with Crippen LogP contribution in [0.5, 0.6) is 0 Å². The molecule has 0 spiro atoms. The summed E-state index contributed by atoms with van der Waals surface area (Å²) in [6.45, 7) is 3.04. The van der Waals surface area contributed by atoms with Gasteiger partial charge in [0.25, 0.3) is 11.8 Å². The zero-order chi connectivity index (χ0) is 20.4.